The van der Waals surface area contributed by atoms with Crippen LogP contribution < -0.4 is 14.8 Å². The lowest BCUT2D eigenvalue weighted by molar-refractivity contribution is -0.132. The Balaban J connectivity index is 1.73. The number of carbonyl (C=O) groups is 2. The zero-order chi connectivity index (χ0) is 27.5. The molecule has 38 heavy (non-hydrogen) atoms. The van der Waals surface area contributed by atoms with Crippen LogP contribution in [-0.2, 0) is 24.3 Å². The lowest BCUT2D eigenvalue weighted by Crippen LogP contribution is -2.48. The highest BCUT2D eigenvalue weighted by atomic mass is 32.1. The van der Waals surface area contributed by atoms with Crippen LogP contribution in [0.5, 0.6) is 11.5 Å². The molecule has 0 aliphatic carbocycles. The Hall–Kier alpha value is -3.52. The summed E-state index contributed by atoms with van der Waals surface area (Å²) in [5.41, 5.74) is 3.22. The maximum atomic E-state index is 13.7. The van der Waals surface area contributed by atoms with E-state index in [9.17, 15) is 9.59 Å². The normalized spacial score (nSPS) is 10.8. The molecule has 0 bridgehead atoms. The van der Waals surface area contributed by atoms with Crippen molar-refractivity contribution in [3.05, 3.63) is 81.5 Å². The van der Waals surface area contributed by atoms with Crippen LogP contribution in [0.15, 0.2) is 60.0 Å². The maximum Gasteiger partial charge on any atom is 0.318 e. The molecule has 0 aliphatic heterocycles. The third-order valence-electron chi connectivity index (χ3n) is 6.26. The Morgan fingerprint density at radius 2 is 1.68 bits per heavy atom. The van der Waals surface area contributed by atoms with Gasteiger partial charge < -0.3 is 24.6 Å². The number of amides is 3. The van der Waals surface area contributed by atoms with Crippen LogP contribution in [0, 0.1) is 12.8 Å². The molecule has 0 aliphatic rings. The Morgan fingerprint density at radius 3 is 2.32 bits per heavy atom. The van der Waals surface area contributed by atoms with E-state index in [0.717, 1.165) is 16.0 Å². The van der Waals surface area contributed by atoms with E-state index in [2.05, 4.69) is 18.3 Å². The first kappa shape index (κ1) is 29.0. The third kappa shape index (κ3) is 8.52. The molecule has 3 aromatic rings. The van der Waals surface area contributed by atoms with E-state index < -0.39 is 0 Å². The first-order chi connectivity index (χ1) is 18.3. The van der Waals surface area contributed by atoms with Gasteiger partial charge in [0.2, 0.25) is 5.91 Å². The number of benzene rings is 2. The first-order valence-corrected chi connectivity index (χ1v) is 13.8. The number of hydrogen-bond donors (Lipinski definition) is 1. The van der Waals surface area contributed by atoms with Gasteiger partial charge in [0.15, 0.2) is 11.5 Å². The molecule has 2 aromatic carbocycles. The zero-order valence-corrected chi connectivity index (χ0v) is 23.8. The summed E-state index contributed by atoms with van der Waals surface area (Å²) in [6, 6.07) is 17.4. The standard InChI is InChI=1S/C30H39N3O4S/c1-22(2)19-33(30(35)31-18-25-9-7-6-8-10-25)21-29(34)32(20-28-23(3)14-16-38-28)15-13-24-11-12-26(36-4)27(17-24)37-5/h6-12,14,16-17,22H,13,15,18-21H2,1-5H3,(H,31,35). The number of methoxy groups -OCH3 is 2. The molecule has 7 nitrogen and oxygen atoms in total. The number of thiophene rings is 1. The first-order valence-electron chi connectivity index (χ1n) is 12.9. The van der Waals surface area contributed by atoms with Gasteiger partial charge in [0, 0.05) is 24.5 Å². The number of hydrogen-bond acceptors (Lipinski definition) is 5. The summed E-state index contributed by atoms with van der Waals surface area (Å²) < 4.78 is 10.8. The molecule has 8 heteroatoms. The predicted molar refractivity (Wildman–Crippen MR) is 153 cm³/mol. The summed E-state index contributed by atoms with van der Waals surface area (Å²) in [6.07, 6.45) is 0.654. The van der Waals surface area contributed by atoms with E-state index in [4.69, 9.17) is 9.47 Å². The van der Waals surface area contributed by atoms with Crippen LogP contribution in [0.25, 0.3) is 0 Å². The van der Waals surface area contributed by atoms with Gasteiger partial charge in [-0.3, -0.25) is 4.79 Å². The van der Waals surface area contributed by atoms with Gasteiger partial charge in [-0.05, 0) is 59.5 Å². The van der Waals surface area contributed by atoms with Crippen molar-refractivity contribution in [2.75, 3.05) is 33.9 Å². The Labute approximate surface area is 230 Å². The number of aryl methyl sites for hydroxylation is 1. The van der Waals surface area contributed by atoms with E-state index in [0.29, 0.717) is 44.1 Å². The van der Waals surface area contributed by atoms with Crippen LogP contribution >= 0.6 is 11.3 Å². The summed E-state index contributed by atoms with van der Waals surface area (Å²) in [4.78, 5) is 31.4. The van der Waals surface area contributed by atoms with Gasteiger partial charge in [-0.15, -0.1) is 11.3 Å². The van der Waals surface area contributed by atoms with Crippen molar-refractivity contribution in [3.8, 4) is 11.5 Å². The Bertz CT molecular complexity index is 1180. The van der Waals surface area contributed by atoms with Crippen LogP contribution in [0.3, 0.4) is 0 Å². The fourth-order valence-electron chi connectivity index (χ4n) is 4.14. The van der Waals surface area contributed by atoms with Gasteiger partial charge in [-0.1, -0.05) is 50.2 Å². The second-order valence-corrected chi connectivity index (χ2v) is 10.7. The molecule has 0 saturated carbocycles. The summed E-state index contributed by atoms with van der Waals surface area (Å²) in [7, 11) is 3.23. The van der Waals surface area contributed by atoms with Gasteiger partial charge >= 0.3 is 6.03 Å². The highest BCUT2D eigenvalue weighted by Crippen LogP contribution is 2.28. The molecule has 1 aromatic heterocycles. The van der Waals surface area contributed by atoms with Crippen molar-refractivity contribution in [3.63, 3.8) is 0 Å². The van der Waals surface area contributed by atoms with Crippen molar-refractivity contribution in [1.82, 2.24) is 15.1 Å². The fraction of sp³-hybridized carbons (Fsp3) is 0.400. The van der Waals surface area contributed by atoms with Crippen molar-refractivity contribution >= 4 is 23.3 Å². The molecule has 3 amide bonds. The minimum absolute atomic E-state index is 0.0230. The molecule has 0 fully saturated rings. The molecule has 1 N–H and O–H groups in total. The third-order valence-corrected chi connectivity index (χ3v) is 7.27. The summed E-state index contributed by atoms with van der Waals surface area (Å²) >= 11 is 1.65. The summed E-state index contributed by atoms with van der Waals surface area (Å²) in [6.45, 7) is 8.12. The number of nitrogens with zero attached hydrogens (tertiary/aromatic N) is 2. The highest BCUT2D eigenvalue weighted by molar-refractivity contribution is 7.10. The van der Waals surface area contributed by atoms with Crippen molar-refractivity contribution < 1.29 is 19.1 Å². The van der Waals surface area contributed by atoms with E-state index in [1.165, 1.54) is 5.56 Å². The molecule has 0 saturated heterocycles. The van der Waals surface area contributed by atoms with Crippen LogP contribution in [0.1, 0.15) is 35.4 Å². The number of rotatable bonds is 13. The average molecular weight is 538 g/mol. The molecular weight excluding hydrogens is 498 g/mol. The number of ether oxygens (including phenoxy) is 2. The van der Waals surface area contributed by atoms with Gasteiger partial charge in [0.25, 0.3) is 0 Å². The minimum Gasteiger partial charge on any atom is -0.493 e. The molecule has 204 valence electrons. The highest BCUT2D eigenvalue weighted by Gasteiger charge is 2.23. The largest absolute Gasteiger partial charge is 0.493 e. The topological polar surface area (TPSA) is 71.1 Å². The smallest absolute Gasteiger partial charge is 0.318 e. The van der Waals surface area contributed by atoms with Crippen molar-refractivity contribution in [2.24, 2.45) is 5.92 Å². The fourth-order valence-corrected chi connectivity index (χ4v) is 5.06. The van der Waals surface area contributed by atoms with Gasteiger partial charge in [-0.2, -0.15) is 0 Å². The summed E-state index contributed by atoms with van der Waals surface area (Å²) in [5, 5.41) is 5.02. The van der Waals surface area contributed by atoms with E-state index in [1.54, 1.807) is 30.5 Å². The average Bonchev–Trinajstić information content (AvgIpc) is 3.33. The molecular formula is C30H39N3O4S. The molecule has 0 radical (unpaired) electrons. The number of nitrogens with one attached hydrogen (secondary N) is 1. The van der Waals surface area contributed by atoms with E-state index in [1.807, 2.05) is 72.7 Å². The molecule has 0 unspecified atom stereocenters. The monoisotopic (exact) mass is 537 g/mol. The van der Waals surface area contributed by atoms with E-state index in [-0.39, 0.29) is 24.4 Å². The van der Waals surface area contributed by atoms with Crippen molar-refractivity contribution in [1.29, 1.82) is 0 Å². The van der Waals surface area contributed by atoms with Crippen molar-refractivity contribution in [2.45, 2.75) is 40.3 Å². The quantitative estimate of drug-likeness (QED) is 0.312. The SMILES string of the molecule is COc1ccc(CCN(Cc2sccc2C)C(=O)CN(CC(C)C)C(=O)NCc2ccccc2)cc1OC. The lowest BCUT2D eigenvalue weighted by Gasteiger charge is -2.29. The van der Waals surface area contributed by atoms with Gasteiger partial charge in [-0.25, -0.2) is 4.79 Å². The Morgan fingerprint density at radius 1 is 0.947 bits per heavy atom. The zero-order valence-electron chi connectivity index (χ0n) is 23.0. The Kier molecular flexibility index (Phi) is 11.0. The molecule has 3 rings (SSSR count). The minimum atomic E-state index is -0.233. The van der Waals surface area contributed by atoms with Gasteiger partial charge in [0.05, 0.1) is 20.8 Å². The predicted octanol–water partition coefficient (Wildman–Crippen LogP) is 5.51. The lowest BCUT2D eigenvalue weighted by atomic mass is 10.1. The van der Waals surface area contributed by atoms with Crippen LogP contribution in [0.2, 0.25) is 0 Å². The number of carbonyl (C=O) groups excluding carboxylic acids is 2. The molecule has 1 heterocycles. The van der Waals surface area contributed by atoms with Crippen LogP contribution in [0.4, 0.5) is 4.79 Å². The number of urea groups is 1. The summed E-state index contributed by atoms with van der Waals surface area (Å²) in [5.74, 6) is 1.48. The molecule has 0 atom stereocenters. The molecule has 0 spiro atoms. The second-order valence-electron chi connectivity index (χ2n) is 9.70. The maximum absolute atomic E-state index is 13.7. The van der Waals surface area contributed by atoms with Crippen LogP contribution in [-0.4, -0.2) is 55.6 Å². The van der Waals surface area contributed by atoms with E-state index >= 15 is 0 Å². The van der Waals surface area contributed by atoms with Gasteiger partial charge in [0.1, 0.15) is 6.54 Å². The second kappa shape index (κ2) is 14.4.